The lowest BCUT2D eigenvalue weighted by Gasteiger charge is -2.36. The summed E-state index contributed by atoms with van der Waals surface area (Å²) in [6, 6.07) is 15.6. The van der Waals surface area contributed by atoms with E-state index >= 15 is 0 Å². The molecule has 0 bridgehead atoms. The standard InChI is InChI=1S/C18H20FNO/c1-21-18-4-2-3-14(11-18)15-9-17(10-15)20-12-13-5-7-16(19)8-6-13/h2-8,11,15,17,20H,9-10,12H2,1H3. The van der Waals surface area contributed by atoms with Crippen LogP contribution in [0.15, 0.2) is 48.5 Å². The number of rotatable bonds is 5. The van der Waals surface area contributed by atoms with E-state index in [2.05, 4.69) is 17.4 Å². The Kier molecular flexibility index (Phi) is 4.20. The molecule has 1 N–H and O–H groups in total. The fourth-order valence-corrected chi connectivity index (χ4v) is 2.82. The Bertz CT molecular complexity index is 590. The predicted molar refractivity (Wildman–Crippen MR) is 82.0 cm³/mol. The smallest absolute Gasteiger partial charge is 0.123 e. The van der Waals surface area contributed by atoms with E-state index in [9.17, 15) is 4.39 Å². The Morgan fingerprint density at radius 3 is 2.62 bits per heavy atom. The van der Waals surface area contributed by atoms with Gasteiger partial charge in [-0.3, -0.25) is 0 Å². The highest BCUT2D eigenvalue weighted by atomic mass is 19.1. The SMILES string of the molecule is COc1cccc(C2CC(NCc3ccc(F)cc3)C2)c1. The minimum Gasteiger partial charge on any atom is -0.497 e. The van der Waals surface area contributed by atoms with Crippen molar-refractivity contribution in [1.82, 2.24) is 5.32 Å². The molecular formula is C18H20FNO. The average Bonchev–Trinajstić information content (AvgIpc) is 2.48. The first-order chi connectivity index (χ1) is 10.2. The van der Waals surface area contributed by atoms with Crippen LogP contribution in [-0.2, 0) is 6.54 Å². The number of benzene rings is 2. The average molecular weight is 285 g/mol. The summed E-state index contributed by atoms with van der Waals surface area (Å²) in [7, 11) is 1.70. The van der Waals surface area contributed by atoms with Crippen LogP contribution in [-0.4, -0.2) is 13.2 Å². The van der Waals surface area contributed by atoms with Crippen LogP contribution in [0.3, 0.4) is 0 Å². The number of hydrogen-bond donors (Lipinski definition) is 1. The summed E-state index contributed by atoms with van der Waals surface area (Å²) in [6.07, 6.45) is 2.29. The number of halogens is 1. The zero-order valence-corrected chi connectivity index (χ0v) is 12.2. The Balaban J connectivity index is 1.48. The Morgan fingerprint density at radius 1 is 1.14 bits per heavy atom. The quantitative estimate of drug-likeness (QED) is 0.900. The first-order valence-corrected chi connectivity index (χ1v) is 7.36. The van der Waals surface area contributed by atoms with Crippen molar-refractivity contribution in [1.29, 1.82) is 0 Å². The molecule has 2 aromatic rings. The summed E-state index contributed by atoms with van der Waals surface area (Å²) >= 11 is 0. The lowest BCUT2D eigenvalue weighted by atomic mass is 9.76. The van der Waals surface area contributed by atoms with Gasteiger partial charge in [-0.05, 0) is 54.2 Å². The second-order valence-electron chi connectivity index (χ2n) is 5.65. The summed E-state index contributed by atoms with van der Waals surface area (Å²) in [5, 5.41) is 3.53. The molecule has 0 aromatic heterocycles. The van der Waals surface area contributed by atoms with Crippen LogP contribution < -0.4 is 10.1 Å². The second-order valence-corrected chi connectivity index (χ2v) is 5.65. The van der Waals surface area contributed by atoms with Crippen LogP contribution in [0.2, 0.25) is 0 Å². The molecule has 0 spiro atoms. The van der Waals surface area contributed by atoms with Crippen molar-refractivity contribution in [2.24, 2.45) is 0 Å². The van der Waals surface area contributed by atoms with E-state index in [0.29, 0.717) is 12.0 Å². The van der Waals surface area contributed by atoms with E-state index in [4.69, 9.17) is 4.74 Å². The minimum atomic E-state index is -0.180. The molecule has 1 aliphatic carbocycles. The summed E-state index contributed by atoms with van der Waals surface area (Å²) in [6.45, 7) is 0.801. The summed E-state index contributed by atoms with van der Waals surface area (Å²) in [5.41, 5.74) is 2.48. The van der Waals surface area contributed by atoms with E-state index in [0.717, 1.165) is 30.7 Å². The molecule has 0 atom stereocenters. The first-order valence-electron chi connectivity index (χ1n) is 7.36. The maximum absolute atomic E-state index is 12.8. The molecule has 0 saturated heterocycles. The summed E-state index contributed by atoms with van der Waals surface area (Å²) in [4.78, 5) is 0. The van der Waals surface area contributed by atoms with Gasteiger partial charge < -0.3 is 10.1 Å². The van der Waals surface area contributed by atoms with Crippen molar-refractivity contribution in [3.8, 4) is 5.75 Å². The molecular weight excluding hydrogens is 265 g/mol. The van der Waals surface area contributed by atoms with Crippen LogP contribution >= 0.6 is 0 Å². The third-order valence-electron chi connectivity index (χ3n) is 4.21. The molecule has 3 rings (SSSR count). The van der Waals surface area contributed by atoms with Crippen molar-refractivity contribution >= 4 is 0 Å². The van der Waals surface area contributed by atoms with Crippen molar-refractivity contribution in [2.45, 2.75) is 31.3 Å². The second kappa shape index (κ2) is 6.27. The monoisotopic (exact) mass is 285 g/mol. The van der Waals surface area contributed by atoms with Crippen molar-refractivity contribution in [2.75, 3.05) is 7.11 Å². The molecule has 21 heavy (non-hydrogen) atoms. The van der Waals surface area contributed by atoms with E-state index in [1.807, 2.05) is 24.3 Å². The topological polar surface area (TPSA) is 21.3 Å². The Morgan fingerprint density at radius 2 is 1.90 bits per heavy atom. The van der Waals surface area contributed by atoms with Gasteiger partial charge in [-0.15, -0.1) is 0 Å². The normalized spacial score (nSPS) is 20.9. The molecule has 1 aliphatic rings. The lowest BCUT2D eigenvalue weighted by molar-refractivity contribution is 0.289. The van der Waals surface area contributed by atoms with Crippen LogP contribution in [0.25, 0.3) is 0 Å². The van der Waals surface area contributed by atoms with Gasteiger partial charge in [0, 0.05) is 12.6 Å². The van der Waals surface area contributed by atoms with Gasteiger partial charge in [-0.25, -0.2) is 4.39 Å². The molecule has 2 nitrogen and oxygen atoms in total. The Labute approximate surface area is 125 Å². The van der Waals surface area contributed by atoms with Crippen molar-refractivity contribution in [3.05, 3.63) is 65.5 Å². The largest absolute Gasteiger partial charge is 0.497 e. The lowest BCUT2D eigenvalue weighted by Crippen LogP contribution is -2.39. The molecule has 0 aliphatic heterocycles. The van der Waals surface area contributed by atoms with E-state index in [1.165, 1.54) is 17.7 Å². The van der Waals surface area contributed by atoms with Crippen molar-refractivity contribution < 1.29 is 9.13 Å². The summed E-state index contributed by atoms with van der Waals surface area (Å²) < 4.78 is 18.1. The molecule has 1 fully saturated rings. The third-order valence-corrected chi connectivity index (χ3v) is 4.21. The van der Waals surface area contributed by atoms with Gasteiger partial charge in [0.25, 0.3) is 0 Å². The van der Waals surface area contributed by atoms with E-state index in [1.54, 1.807) is 7.11 Å². The van der Waals surface area contributed by atoms with Gasteiger partial charge in [0.2, 0.25) is 0 Å². The molecule has 3 heteroatoms. The molecule has 0 radical (unpaired) electrons. The highest BCUT2D eigenvalue weighted by Crippen LogP contribution is 2.38. The molecule has 110 valence electrons. The highest BCUT2D eigenvalue weighted by molar-refractivity contribution is 5.32. The zero-order valence-electron chi connectivity index (χ0n) is 12.2. The number of hydrogen-bond acceptors (Lipinski definition) is 2. The molecule has 1 saturated carbocycles. The van der Waals surface area contributed by atoms with Crippen LogP contribution in [0, 0.1) is 5.82 Å². The summed E-state index contributed by atoms with van der Waals surface area (Å²) in [5.74, 6) is 1.36. The predicted octanol–water partition coefficient (Wildman–Crippen LogP) is 3.87. The molecule has 0 unspecified atom stereocenters. The fraction of sp³-hybridized carbons (Fsp3) is 0.333. The Hall–Kier alpha value is -1.87. The first kappa shape index (κ1) is 14.1. The minimum absolute atomic E-state index is 0.180. The van der Waals surface area contributed by atoms with Gasteiger partial charge >= 0.3 is 0 Å². The molecule has 2 aromatic carbocycles. The number of methoxy groups -OCH3 is 1. The van der Waals surface area contributed by atoms with Crippen LogP contribution in [0.5, 0.6) is 5.75 Å². The third kappa shape index (κ3) is 3.42. The maximum atomic E-state index is 12.8. The van der Waals surface area contributed by atoms with Gasteiger partial charge in [0.05, 0.1) is 7.11 Å². The zero-order chi connectivity index (χ0) is 14.7. The van der Waals surface area contributed by atoms with Crippen LogP contribution in [0.4, 0.5) is 4.39 Å². The fourth-order valence-electron chi connectivity index (χ4n) is 2.82. The van der Waals surface area contributed by atoms with Gasteiger partial charge in [-0.1, -0.05) is 24.3 Å². The van der Waals surface area contributed by atoms with Crippen LogP contribution in [0.1, 0.15) is 29.9 Å². The number of ether oxygens (including phenoxy) is 1. The van der Waals surface area contributed by atoms with Gasteiger partial charge in [0.15, 0.2) is 0 Å². The van der Waals surface area contributed by atoms with Gasteiger partial charge in [0.1, 0.15) is 11.6 Å². The highest BCUT2D eigenvalue weighted by Gasteiger charge is 2.29. The molecule has 0 amide bonds. The maximum Gasteiger partial charge on any atom is 0.123 e. The molecule has 0 heterocycles. The van der Waals surface area contributed by atoms with Crippen molar-refractivity contribution in [3.63, 3.8) is 0 Å². The number of nitrogens with one attached hydrogen (secondary N) is 1. The van der Waals surface area contributed by atoms with Gasteiger partial charge in [-0.2, -0.15) is 0 Å². The van der Waals surface area contributed by atoms with E-state index < -0.39 is 0 Å². The van der Waals surface area contributed by atoms with E-state index in [-0.39, 0.29) is 5.82 Å².